The molecule has 0 radical (unpaired) electrons. The molecule has 23 heavy (non-hydrogen) atoms. The van der Waals surface area contributed by atoms with Crippen molar-refractivity contribution in [1.29, 1.82) is 0 Å². The van der Waals surface area contributed by atoms with E-state index in [0.29, 0.717) is 17.0 Å². The average Bonchev–Trinajstić information content (AvgIpc) is 3.18. The number of hydrogen-bond donors (Lipinski definition) is 1. The number of nitrogens with one attached hydrogen (secondary N) is 1. The molecule has 7 heteroatoms. The molecule has 1 saturated heterocycles. The molecule has 0 saturated carbocycles. The summed E-state index contributed by atoms with van der Waals surface area (Å²) in [5.74, 6) is 0.104. The van der Waals surface area contributed by atoms with Gasteiger partial charge in [0.2, 0.25) is 0 Å². The van der Waals surface area contributed by atoms with Crippen LogP contribution in [0.3, 0.4) is 0 Å². The van der Waals surface area contributed by atoms with Crippen molar-refractivity contribution in [3.8, 4) is 0 Å². The van der Waals surface area contributed by atoms with Crippen LogP contribution in [0.4, 0.5) is 0 Å². The molecule has 0 aromatic carbocycles. The standard InChI is InChI=1S/C16H20BrN3O3/c1-19-6-2-3-12(19)13(20-7-9-22-10-8-20)11-18-16(21)14-4-5-15(17)23-14/h2-6,13H,7-11H2,1H3,(H,18,21)/t13-/m1/s1. The zero-order valence-electron chi connectivity index (χ0n) is 13.0. The van der Waals surface area contributed by atoms with E-state index in [1.54, 1.807) is 12.1 Å². The summed E-state index contributed by atoms with van der Waals surface area (Å²) in [7, 11) is 2.02. The molecule has 1 aliphatic heterocycles. The lowest BCUT2D eigenvalue weighted by Crippen LogP contribution is -2.44. The van der Waals surface area contributed by atoms with Crippen LogP contribution in [0.2, 0.25) is 0 Å². The third kappa shape index (κ3) is 3.85. The Kier molecular flexibility index (Phi) is 5.20. The molecular formula is C16H20BrN3O3. The van der Waals surface area contributed by atoms with Crippen LogP contribution in [0, 0.1) is 0 Å². The number of rotatable bonds is 5. The number of hydrogen-bond acceptors (Lipinski definition) is 4. The van der Waals surface area contributed by atoms with Crippen LogP contribution < -0.4 is 5.32 Å². The zero-order valence-corrected chi connectivity index (χ0v) is 14.6. The molecule has 0 bridgehead atoms. The van der Waals surface area contributed by atoms with Crippen molar-refractivity contribution in [3.63, 3.8) is 0 Å². The van der Waals surface area contributed by atoms with E-state index < -0.39 is 0 Å². The number of amides is 1. The summed E-state index contributed by atoms with van der Waals surface area (Å²) in [5.41, 5.74) is 1.17. The molecule has 1 atom stereocenters. The second-order valence-corrected chi connectivity index (χ2v) is 6.30. The van der Waals surface area contributed by atoms with Crippen LogP contribution in [0.1, 0.15) is 22.3 Å². The second-order valence-electron chi connectivity index (χ2n) is 5.52. The van der Waals surface area contributed by atoms with Gasteiger partial charge in [-0.15, -0.1) is 0 Å². The lowest BCUT2D eigenvalue weighted by Gasteiger charge is -2.34. The lowest BCUT2D eigenvalue weighted by atomic mass is 10.1. The molecule has 124 valence electrons. The first-order valence-electron chi connectivity index (χ1n) is 7.61. The minimum atomic E-state index is -0.205. The Morgan fingerprint density at radius 1 is 1.35 bits per heavy atom. The van der Waals surface area contributed by atoms with Gasteiger partial charge in [0, 0.05) is 38.6 Å². The van der Waals surface area contributed by atoms with Crippen LogP contribution >= 0.6 is 15.9 Å². The number of aryl methyl sites for hydroxylation is 1. The Morgan fingerprint density at radius 3 is 2.74 bits per heavy atom. The summed E-state index contributed by atoms with van der Waals surface area (Å²) < 4.78 is 13.4. The van der Waals surface area contributed by atoms with E-state index in [1.165, 1.54) is 5.69 Å². The van der Waals surface area contributed by atoms with Gasteiger partial charge in [-0.1, -0.05) is 0 Å². The van der Waals surface area contributed by atoms with E-state index in [1.807, 2.05) is 19.3 Å². The molecule has 0 spiro atoms. The number of morpholine rings is 1. The quantitative estimate of drug-likeness (QED) is 0.862. The summed E-state index contributed by atoms with van der Waals surface area (Å²) in [6.45, 7) is 3.69. The molecule has 2 aromatic rings. The van der Waals surface area contributed by atoms with E-state index in [-0.39, 0.29) is 11.9 Å². The summed E-state index contributed by atoms with van der Waals surface area (Å²) in [6.07, 6.45) is 2.02. The number of halogens is 1. The van der Waals surface area contributed by atoms with Gasteiger partial charge >= 0.3 is 0 Å². The maximum absolute atomic E-state index is 12.2. The Balaban J connectivity index is 1.71. The highest BCUT2D eigenvalue weighted by molar-refractivity contribution is 9.10. The summed E-state index contributed by atoms with van der Waals surface area (Å²) >= 11 is 3.21. The highest BCUT2D eigenvalue weighted by atomic mass is 79.9. The molecule has 3 heterocycles. The van der Waals surface area contributed by atoms with E-state index in [2.05, 4.69) is 36.8 Å². The number of aromatic nitrogens is 1. The maximum Gasteiger partial charge on any atom is 0.287 e. The van der Waals surface area contributed by atoms with Gasteiger partial charge < -0.3 is 19.0 Å². The van der Waals surface area contributed by atoms with Crippen LogP contribution in [0.5, 0.6) is 0 Å². The van der Waals surface area contributed by atoms with Crippen molar-refractivity contribution in [2.24, 2.45) is 7.05 Å². The topological polar surface area (TPSA) is 59.6 Å². The van der Waals surface area contributed by atoms with Crippen LogP contribution in [-0.2, 0) is 11.8 Å². The van der Waals surface area contributed by atoms with Gasteiger partial charge in [0.05, 0.1) is 19.3 Å². The molecule has 0 aliphatic carbocycles. The van der Waals surface area contributed by atoms with Gasteiger partial charge in [-0.25, -0.2) is 0 Å². The Labute approximate surface area is 143 Å². The third-order valence-corrected chi connectivity index (χ3v) is 4.49. The second kappa shape index (κ2) is 7.33. The van der Waals surface area contributed by atoms with Gasteiger partial charge in [-0.3, -0.25) is 9.69 Å². The highest BCUT2D eigenvalue weighted by Crippen LogP contribution is 2.22. The first-order valence-corrected chi connectivity index (χ1v) is 8.41. The number of furan rings is 1. The fourth-order valence-corrected chi connectivity index (χ4v) is 3.15. The highest BCUT2D eigenvalue weighted by Gasteiger charge is 2.25. The summed E-state index contributed by atoms with van der Waals surface area (Å²) in [6, 6.07) is 7.60. The Morgan fingerprint density at radius 2 is 2.13 bits per heavy atom. The first-order chi connectivity index (χ1) is 11.1. The SMILES string of the molecule is Cn1cccc1[C@@H](CNC(=O)c1ccc(Br)o1)N1CCOCC1. The maximum atomic E-state index is 12.2. The third-order valence-electron chi connectivity index (χ3n) is 4.06. The van der Waals surface area contributed by atoms with Gasteiger partial charge in [0.1, 0.15) is 0 Å². The van der Waals surface area contributed by atoms with Crippen molar-refractivity contribution in [1.82, 2.24) is 14.8 Å². The van der Waals surface area contributed by atoms with Gasteiger partial charge in [-0.05, 0) is 40.2 Å². The van der Waals surface area contributed by atoms with Gasteiger partial charge in [0.25, 0.3) is 5.91 Å². The predicted molar refractivity (Wildman–Crippen MR) is 89.3 cm³/mol. The van der Waals surface area contributed by atoms with E-state index in [4.69, 9.17) is 9.15 Å². The van der Waals surface area contributed by atoms with E-state index in [0.717, 1.165) is 26.3 Å². The molecule has 1 fully saturated rings. The predicted octanol–water partition coefficient (Wildman–Crippen LogP) is 2.18. The van der Waals surface area contributed by atoms with Crippen molar-refractivity contribution in [2.45, 2.75) is 6.04 Å². The fraction of sp³-hybridized carbons (Fsp3) is 0.438. The lowest BCUT2D eigenvalue weighted by molar-refractivity contribution is 0.0147. The molecule has 1 aliphatic rings. The monoisotopic (exact) mass is 381 g/mol. The summed E-state index contributed by atoms with van der Waals surface area (Å²) in [5, 5.41) is 2.98. The van der Waals surface area contributed by atoms with E-state index in [9.17, 15) is 4.79 Å². The smallest absolute Gasteiger partial charge is 0.287 e. The number of carbonyl (C=O) groups is 1. The number of carbonyl (C=O) groups excluding carboxylic acids is 1. The summed E-state index contributed by atoms with van der Waals surface area (Å²) in [4.78, 5) is 14.6. The molecule has 6 nitrogen and oxygen atoms in total. The molecule has 3 rings (SSSR count). The van der Waals surface area contributed by atoms with Crippen LogP contribution in [0.25, 0.3) is 0 Å². The minimum absolute atomic E-state index is 0.112. The molecule has 1 N–H and O–H groups in total. The van der Waals surface area contributed by atoms with Crippen molar-refractivity contribution >= 4 is 21.8 Å². The zero-order chi connectivity index (χ0) is 16.2. The molecule has 1 amide bonds. The largest absolute Gasteiger partial charge is 0.444 e. The average molecular weight is 382 g/mol. The van der Waals surface area contributed by atoms with Crippen LogP contribution in [0.15, 0.2) is 39.5 Å². The van der Waals surface area contributed by atoms with Crippen LogP contribution in [-0.4, -0.2) is 48.2 Å². The molecular weight excluding hydrogens is 362 g/mol. The number of nitrogens with zero attached hydrogens (tertiary/aromatic N) is 2. The van der Waals surface area contributed by atoms with Crippen molar-refractivity contribution in [3.05, 3.63) is 46.6 Å². The van der Waals surface area contributed by atoms with Crippen molar-refractivity contribution in [2.75, 3.05) is 32.8 Å². The molecule has 2 aromatic heterocycles. The fourth-order valence-electron chi connectivity index (χ4n) is 2.84. The molecule has 0 unspecified atom stereocenters. The Bertz CT molecular complexity index is 661. The van der Waals surface area contributed by atoms with Crippen molar-refractivity contribution < 1.29 is 13.9 Å². The Hall–Kier alpha value is -1.57. The van der Waals surface area contributed by atoms with E-state index >= 15 is 0 Å². The normalized spacial score (nSPS) is 17.1. The van der Waals surface area contributed by atoms with Gasteiger partial charge in [0.15, 0.2) is 10.4 Å². The number of ether oxygens (including phenoxy) is 1. The first kappa shape index (κ1) is 16.3. The van der Waals surface area contributed by atoms with Gasteiger partial charge in [-0.2, -0.15) is 0 Å². The minimum Gasteiger partial charge on any atom is -0.444 e.